The van der Waals surface area contributed by atoms with E-state index in [4.69, 9.17) is 5.73 Å². The minimum atomic E-state index is -0.403. The topological polar surface area (TPSA) is 63.4 Å². The van der Waals surface area contributed by atoms with Gasteiger partial charge in [0.05, 0.1) is 6.54 Å². The van der Waals surface area contributed by atoms with Crippen LogP contribution >= 0.6 is 0 Å². The van der Waals surface area contributed by atoms with Gasteiger partial charge in [0.25, 0.3) is 0 Å². The average Bonchev–Trinajstić information content (AvgIpc) is 2.25. The van der Waals surface area contributed by atoms with Crippen molar-refractivity contribution >= 4 is 17.9 Å². The molecule has 0 unspecified atom stereocenters. The maximum absolute atomic E-state index is 10.9. The fourth-order valence-corrected chi connectivity index (χ4v) is 1.61. The third-order valence-electron chi connectivity index (χ3n) is 2.38. The lowest BCUT2D eigenvalue weighted by Crippen LogP contribution is -2.34. The van der Waals surface area contributed by atoms with Gasteiger partial charge in [-0.05, 0) is 26.0 Å². The average molecular weight is 220 g/mol. The molecule has 0 aromatic heterocycles. The van der Waals surface area contributed by atoms with Gasteiger partial charge in [-0.1, -0.05) is 11.6 Å². The number of anilines is 1. The highest BCUT2D eigenvalue weighted by Crippen LogP contribution is 2.20. The van der Waals surface area contributed by atoms with Crippen LogP contribution in [-0.2, 0) is 4.79 Å². The van der Waals surface area contributed by atoms with Crippen molar-refractivity contribution in [2.24, 2.45) is 5.73 Å². The Morgan fingerprint density at radius 1 is 1.50 bits per heavy atom. The van der Waals surface area contributed by atoms with E-state index in [9.17, 15) is 9.59 Å². The van der Waals surface area contributed by atoms with Crippen LogP contribution in [0.15, 0.2) is 18.2 Å². The van der Waals surface area contributed by atoms with Crippen molar-refractivity contribution in [3.8, 4) is 0 Å². The summed E-state index contributed by atoms with van der Waals surface area (Å²) in [6.45, 7) is 4.59. The summed E-state index contributed by atoms with van der Waals surface area (Å²) in [5, 5.41) is 0. The number of nitrogens with two attached hydrogens (primary N) is 1. The summed E-state index contributed by atoms with van der Waals surface area (Å²) in [4.78, 5) is 23.6. The third-order valence-corrected chi connectivity index (χ3v) is 2.38. The maximum Gasteiger partial charge on any atom is 0.236 e. The van der Waals surface area contributed by atoms with E-state index in [1.165, 1.54) is 0 Å². The van der Waals surface area contributed by atoms with Gasteiger partial charge in [0.1, 0.15) is 0 Å². The molecule has 0 saturated heterocycles. The molecule has 0 aliphatic rings. The Kier molecular flexibility index (Phi) is 4.05. The molecule has 1 amide bonds. The van der Waals surface area contributed by atoms with E-state index in [0.717, 1.165) is 17.5 Å². The maximum atomic E-state index is 10.9. The Balaban J connectivity index is 3.08. The molecule has 0 aliphatic heterocycles. The monoisotopic (exact) mass is 220 g/mol. The Morgan fingerprint density at radius 3 is 2.69 bits per heavy atom. The van der Waals surface area contributed by atoms with Gasteiger partial charge in [-0.2, -0.15) is 0 Å². The van der Waals surface area contributed by atoms with E-state index in [-0.39, 0.29) is 6.54 Å². The number of aryl methyl sites for hydroxylation is 1. The predicted molar refractivity (Wildman–Crippen MR) is 63.6 cm³/mol. The molecule has 86 valence electrons. The highest BCUT2D eigenvalue weighted by molar-refractivity contribution is 5.87. The lowest BCUT2D eigenvalue weighted by molar-refractivity contribution is -0.116. The molecule has 0 heterocycles. The number of aldehydes is 1. The first-order chi connectivity index (χ1) is 7.58. The molecule has 0 radical (unpaired) electrons. The molecule has 4 nitrogen and oxygen atoms in total. The third kappa shape index (κ3) is 2.82. The normalized spacial score (nSPS) is 9.88. The van der Waals surface area contributed by atoms with Crippen LogP contribution in [-0.4, -0.2) is 25.3 Å². The van der Waals surface area contributed by atoms with E-state index in [1.807, 2.05) is 26.0 Å². The smallest absolute Gasteiger partial charge is 0.236 e. The van der Waals surface area contributed by atoms with Gasteiger partial charge in [-0.3, -0.25) is 9.59 Å². The van der Waals surface area contributed by atoms with Gasteiger partial charge in [-0.15, -0.1) is 0 Å². The van der Waals surface area contributed by atoms with Gasteiger partial charge in [0.2, 0.25) is 5.91 Å². The number of benzene rings is 1. The summed E-state index contributed by atoms with van der Waals surface area (Å²) in [5.74, 6) is -0.403. The number of carbonyl (C=O) groups excluding carboxylic acids is 2. The molecule has 0 aliphatic carbocycles. The fourth-order valence-electron chi connectivity index (χ4n) is 1.61. The summed E-state index contributed by atoms with van der Waals surface area (Å²) < 4.78 is 0. The zero-order valence-corrected chi connectivity index (χ0v) is 9.56. The van der Waals surface area contributed by atoms with Gasteiger partial charge in [0.15, 0.2) is 6.29 Å². The number of rotatable bonds is 5. The van der Waals surface area contributed by atoms with Crippen LogP contribution in [0.3, 0.4) is 0 Å². The number of nitrogens with zero attached hydrogens (tertiary/aromatic N) is 1. The fraction of sp³-hybridized carbons (Fsp3) is 0.333. The van der Waals surface area contributed by atoms with Crippen LogP contribution in [0, 0.1) is 6.92 Å². The minimum Gasteiger partial charge on any atom is -0.368 e. The van der Waals surface area contributed by atoms with Crippen molar-refractivity contribution in [1.29, 1.82) is 0 Å². The summed E-state index contributed by atoms with van der Waals surface area (Å²) in [7, 11) is 0. The molecule has 2 N–H and O–H groups in total. The summed E-state index contributed by atoms with van der Waals surface area (Å²) >= 11 is 0. The first kappa shape index (κ1) is 12.2. The molecule has 0 spiro atoms. The highest BCUT2D eigenvalue weighted by atomic mass is 16.1. The second-order valence-corrected chi connectivity index (χ2v) is 3.66. The lowest BCUT2D eigenvalue weighted by Gasteiger charge is -2.23. The molecular weight excluding hydrogens is 204 g/mol. The number of likely N-dealkylation sites (N-methyl/N-ethyl adjacent to an activating group) is 1. The molecule has 1 aromatic rings. The minimum absolute atomic E-state index is 0.125. The van der Waals surface area contributed by atoms with Crippen molar-refractivity contribution in [3.05, 3.63) is 29.3 Å². The van der Waals surface area contributed by atoms with Crippen molar-refractivity contribution in [3.63, 3.8) is 0 Å². The Bertz CT molecular complexity index is 402. The second kappa shape index (κ2) is 5.30. The number of hydrogen-bond acceptors (Lipinski definition) is 3. The first-order valence-corrected chi connectivity index (χ1v) is 5.17. The van der Waals surface area contributed by atoms with Gasteiger partial charge < -0.3 is 10.6 Å². The number of primary amides is 1. The number of hydrogen-bond donors (Lipinski definition) is 1. The van der Waals surface area contributed by atoms with E-state index in [1.54, 1.807) is 11.0 Å². The molecule has 0 atom stereocenters. The Hall–Kier alpha value is -1.84. The van der Waals surface area contributed by atoms with E-state index < -0.39 is 5.91 Å². The Morgan fingerprint density at radius 2 is 2.19 bits per heavy atom. The van der Waals surface area contributed by atoms with Crippen LogP contribution < -0.4 is 10.6 Å². The number of amides is 1. The molecule has 0 fully saturated rings. The Labute approximate surface area is 95.0 Å². The summed E-state index contributed by atoms with van der Waals surface area (Å²) in [6, 6.07) is 5.55. The van der Waals surface area contributed by atoms with Crippen molar-refractivity contribution in [2.45, 2.75) is 13.8 Å². The van der Waals surface area contributed by atoms with Crippen molar-refractivity contribution in [2.75, 3.05) is 18.0 Å². The molecule has 0 bridgehead atoms. The molecule has 16 heavy (non-hydrogen) atoms. The van der Waals surface area contributed by atoms with E-state index in [0.29, 0.717) is 12.1 Å². The zero-order chi connectivity index (χ0) is 12.1. The quantitative estimate of drug-likeness (QED) is 0.756. The van der Waals surface area contributed by atoms with Crippen LogP contribution in [0.4, 0.5) is 5.69 Å². The van der Waals surface area contributed by atoms with Crippen LogP contribution in [0.5, 0.6) is 0 Å². The molecule has 1 aromatic carbocycles. The zero-order valence-electron chi connectivity index (χ0n) is 9.56. The van der Waals surface area contributed by atoms with Gasteiger partial charge in [-0.25, -0.2) is 0 Å². The van der Waals surface area contributed by atoms with E-state index in [2.05, 4.69) is 0 Å². The van der Waals surface area contributed by atoms with Crippen LogP contribution in [0.25, 0.3) is 0 Å². The van der Waals surface area contributed by atoms with Crippen molar-refractivity contribution < 1.29 is 9.59 Å². The molecule has 1 rings (SSSR count). The lowest BCUT2D eigenvalue weighted by atomic mass is 10.1. The van der Waals surface area contributed by atoms with Gasteiger partial charge in [0, 0.05) is 17.8 Å². The molecule has 0 saturated carbocycles. The first-order valence-electron chi connectivity index (χ1n) is 5.17. The largest absolute Gasteiger partial charge is 0.368 e. The molecule has 4 heteroatoms. The standard InChI is InChI=1S/C12H16N2O2/c1-3-14(7-12(13)16)11-5-4-9(2)6-10(11)8-15/h4-6,8H,3,7H2,1-2H3,(H2,13,16). The second-order valence-electron chi connectivity index (χ2n) is 3.66. The SMILES string of the molecule is CCN(CC(N)=O)c1ccc(C)cc1C=O. The highest BCUT2D eigenvalue weighted by Gasteiger charge is 2.11. The van der Waals surface area contributed by atoms with E-state index >= 15 is 0 Å². The predicted octanol–water partition coefficient (Wildman–Crippen LogP) is 1.12. The van der Waals surface area contributed by atoms with Crippen LogP contribution in [0.2, 0.25) is 0 Å². The summed E-state index contributed by atoms with van der Waals surface area (Å²) in [6.07, 6.45) is 0.798. The van der Waals surface area contributed by atoms with Crippen molar-refractivity contribution in [1.82, 2.24) is 0 Å². The van der Waals surface area contributed by atoms with Gasteiger partial charge >= 0.3 is 0 Å². The molecular formula is C12H16N2O2. The summed E-state index contributed by atoms with van der Waals surface area (Å²) in [5.41, 5.74) is 7.51. The number of carbonyl (C=O) groups is 2. The van der Waals surface area contributed by atoms with Crippen LogP contribution in [0.1, 0.15) is 22.8 Å².